The number of aromatic nitrogens is 1. The molecule has 1 heterocycles. The molecule has 0 saturated carbocycles. The molecule has 6 heteroatoms. The molecule has 0 spiro atoms. The van der Waals surface area contributed by atoms with Gasteiger partial charge in [0.15, 0.2) is 5.76 Å². The molecule has 0 saturated heterocycles. The fourth-order valence-corrected chi connectivity index (χ4v) is 2.23. The van der Waals surface area contributed by atoms with E-state index in [0.29, 0.717) is 15.3 Å². The molecule has 19 heavy (non-hydrogen) atoms. The predicted molar refractivity (Wildman–Crippen MR) is 75.3 cm³/mol. The van der Waals surface area contributed by atoms with E-state index >= 15 is 0 Å². The minimum absolute atomic E-state index is 0.119. The van der Waals surface area contributed by atoms with E-state index in [9.17, 15) is 4.79 Å². The van der Waals surface area contributed by atoms with Gasteiger partial charge in [-0.15, -0.1) is 0 Å². The fraction of sp³-hybridized carbons (Fsp3) is 0.231. The van der Waals surface area contributed by atoms with Crippen molar-refractivity contribution in [3.63, 3.8) is 0 Å². The van der Waals surface area contributed by atoms with E-state index in [4.69, 9.17) is 20.9 Å². The molecular formula is C13H11BrClNO3. The van der Waals surface area contributed by atoms with Crippen LogP contribution in [-0.2, 0) is 4.74 Å². The van der Waals surface area contributed by atoms with E-state index in [-0.39, 0.29) is 12.3 Å². The summed E-state index contributed by atoms with van der Waals surface area (Å²) >= 11 is 9.37. The number of carbonyl (C=O) groups excluding carboxylic acids is 1. The molecule has 2 aromatic rings. The van der Waals surface area contributed by atoms with Crippen molar-refractivity contribution in [2.75, 3.05) is 6.61 Å². The SMILES string of the molecule is CCOC(=O)c1noc(-c2ccc(C)c(Cl)c2)c1Br. The van der Waals surface area contributed by atoms with Crippen LogP contribution in [0.4, 0.5) is 0 Å². The molecule has 0 aliphatic rings. The van der Waals surface area contributed by atoms with E-state index in [2.05, 4.69) is 21.1 Å². The Bertz CT molecular complexity index is 624. The van der Waals surface area contributed by atoms with Crippen molar-refractivity contribution >= 4 is 33.5 Å². The lowest BCUT2D eigenvalue weighted by Crippen LogP contribution is -2.05. The molecule has 1 aromatic heterocycles. The van der Waals surface area contributed by atoms with E-state index in [1.54, 1.807) is 13.0 Å². The van der Waals surface area contributed by atoms with Gasteiger partial charge in [-0.3, -0.25) is 0 Å². The van der Waals surface area contributed by atoms with E-state index < -0.39 is 5.97 Å². The van der Waals surface area contributed by atoms with Gasteiger partial charge in [0.25, 0.3) is 0 Å². The van der Waals surface area contributed by atoms with Gasteiger partial charge in [0, 0.05) is 10.6 Å². The van der Waals surface area contributed by atoms with Crippen molar-refractivity contribution in [1.29, 1.82) is 0 Å². The van der Waals surface area contributed by atoms with Gasteiger partial charge in [-0.05, 0) is 41.4 Å². The number of hydrogen-bond donors (Lipinski definition) is 0. The first kappa shape index (κ1) is 14.1. The Hall–Kier alpha value is -1.33. The van der Waals surface area contributed by atoms with Crippen LogP contribution >= 0.6 is 27.5 Å². The smallest absolute Gasteiger partial charge is 0.361 e. The molecule has 0 unspecified atom stereocenters. The first-order valence-corrected chi connectivity index (χ1v) is 6.80. The van der Waals surface area contributed by atoms with Gasteiger partial charge in [-0.1, -0.05) is 28.9 Å². The number of ether oxygens (including phenoxy) is 1. The second kappa shape index (κ2) is 5.75. The number of carbonyl (C=O) groups is 1. The summed E-state index contributed by atoms with van der Waals surface area (Å²) in [5.74, 6) is -0.0764. The van der Waals surface area contributed by atoms with Crippen molar-refractivity contribution in [3.05, 3.63) is 39.0 Å². The van der Waals surface area contributed by atoms with Crippen LogP contribution in [0.2, 0.25) is 5.02 Å². The van der Waals surface area contributed by atoms with E-state index in [1.165, 1.54) is 0 Å². The monoisotopic (exact) mass is 343 g/mol. The summed E-state index contributed by atoms with van der Waals surface area (Å²) in [4.78, 5) is 11.6. The maximum atomic E-state index is 11.6. The third-order valence-corrected chi connectivity index (χ3v) is 3.68. The van der Waals surface area contributed by atoms with Crippen molar-refractivity contribution in [2.45, 2.75) is 13.8 Å². The van der Waals surface area contributed by atoms with Crippen molar-refractivity contribution in [3.8, 4) is 11.3 Å². The molecule has 2 rings (SSSR count). The van der Waals surface area contributed by atoms with Crippen molar-refractivity contribution in [1.82, 2.24) is 5.16 Å². The second-order valence-electron chi connectivity index (χ2n) is 3.86. The number of esters is 1. The molecule has 100 valence electrons. The topological polar surface area (TPSA) is 52.3 Å². The van der Waals surface area contributed by atoms with Gasteiger partial charge in [-0.25, -0.2) is 4.79 Å². The van der Waals surface area contributed by atoms with Crippen LogP contribution in [0.15, 0.2) is 27.2 Å². The van der Waals surface area contributed by atoms with Crippen molar-refractivity contribution < 1.29 is 14.1 Å². The molecule has 0 amide bonds. The lowest BCUT2D eigenvalue weighted by Gasteiger charge is -2.01. The lowest BCUT2D eigenvalue weighted by molar-refractivity contribution is 0.0513. The Labute approximate surface area is 123 Å². The first-order valence-electron chi connectivity index (χ1n) is 5.63. The third-order valence-electron chi connectivity index (χ3n) is 2.54. The molecule has 0 bridgehead atoms. The normalized spacial score (nSPS) is 10.5. The predicted octanol–water partition coefficient (Wildman–Crippen LogP) is 4.24. The Balaban J connectivity index is 2.41. The molecule has 0 fully saturated rings. The maximum absolute atomic E-state index is 11.6. The van der Waals surface area contributed by atoms with Gasteiger partial charge in [-0.2, -0.15) is 0 Å². The Morgan fingerprint density at radius 1 is 1.53 bits per heavy atom. The van der Waals surface area contributed by atoms with Crippen LogP contribution in [0.3, 0.4) is 0 Å². The summed E-state index contributed by atoms with van der Waals surface area (Å²) in [6.07, 6.45) is 0. The number of rotatable bonds is 3. The number of halogens is 2. The summed E-state index contributed by atoms with van der Waals surface area (Å²) in [5.41, 5.74) is 1.82. The van der Waals surface area contributed by atoms with Crippen molar-refractivity contribution in [2.24, 2.45) is 0 Å². The highest BCUT2D eigenvalue weighted by molar-refractivity contribution is 9.10. The van der Waals surface area contributed by atoms with E-state index in [0.717, 1.165) is 11.1 Å². The zero-order valence-electron chi connectivity index (χ0n) is 10.4. The van der Waals surface area contributed by atoms with Crippen LogP contribution < -0.4 is 0 Å². The van der Waals surface area contributed by atoms with Crippen LogP contribution in [0.1, 0.15) is 23.0 Å². The zero-order valence-corrected chi connectivity index (χ0v) is 12.7. The largest absolute Gasteiger partial charge is 0.461 e. The number of hydrogen-bond acceptors (Lipinski definition) is 4. The van der Waals surface area contributed by atoms with Crippen LogP contribution in [-0.4, -0.2) is 17.7 Å². The quantitative estimate of drug-likeness (QED) is 0.781. The minimum atomic E-state index is -0.525. The molecule has 0 aliphatic carbocycles. The summed E-state index contributed by atoms with van der Waals surface area (Å²) in [6.45, 7) is 3.92. The fourth-order valence-electron chi connectivity index (χ4n) is 1.52. The Kier molecular flexibility index (Phi) is 4.27. The van der Waals surface area contributed by atoms with Gasteiger partial charge in [0.05, 0.1) is 6.61 Å². The Morgan fingerprint density at radius 3 is 2.89 bits per heavy atom. The van der Waals surface area contributed by atoms with Crippen LogP contribution in [0, 0.1) is 6.92 Å². The highest BCUT2D eigenvalue weighted by Gasteiger charge is 2.22. The summed E-state index contributed by atoms with van der Waals surface area (Å²) in [6, 6.07) is 5.48. The molecule has 0 radical (unpaired) electrons. The van der Waals surface area contributed by atoms with Crippen LogP contribution in [0.5, 0.6) is 0 Å². The van der Waals surface area contributed by atoms with Gasteiger partial charge >= 0.3 is 5.97 Å². The van der Waals surface area contributed by atoms with Gasteiger partial charge < -0.3 is 9.26 Å². The number of benzene rings is 1. The molecule has 0 aliphatic heterocycles. The second-order valence-corrected chi connectivity index (χ2v) is 5.06. The molecule has 0 atom stereocenters. The number of nitrogens with zero attached hydrogens (tertiary/aromatic N) is 1. The summed E-state index contributed by atoms with van der Waals surface area (Å²) in [5, 5.41) is 4.35. The zero-order chi connectivity index (χ0) is 14.0. The Morgan fingerprint density at radius 2 is 2.26 bits per heavy atom. The highest BCUT2D eigenvalue weighted by Crippen LogP contribution is 2.33. The first-order chi connectivity index (χ1) is 9.04. The van der Waals surface area contributed by atoms with Gasteiger partial charge in [0.2, 0.25) is 5.69 Å². The average molecular weight is 345 g/mol. The molecule has 4 nitrogen and oxygen atoms in total. The van der Waals surface area contributed by atoms with Crippen LogP contribution in [0.25, 0.3) is 11.3 Å². The summed E-state index contributed by atoms with van der Waals surface area (Å²) in [7, 11) is 0. The lowest BCUT2D eigenvalue weighted by atomic mass is 10.1. The summed E-state index contributed by atoms with van der Waals surface area (Å²) < 4.78 is 10.5. The number of aryl methyl sites for hydroxylation is 1. The minimum Gasteiger partial charge on any atom is -0.461 e. The molecule has 1 aromatic carbocycles. The average Bonchev–Trinajstić information content (AvgIpc) is 2.75. The van der Waals surface area contributed by atoms with E-state index in [1.807, 2.05) is 19.1 Å². The van der Waals surface area contributed by atoms with Gasteiger partial charge in [0.1, 0.15) is 4.47 Å². The third kappa shape index (κ3) is 2.82. The molecular weight excluding hydrogens is 334 g/mol. The maximum Gasteiger partial charge on any atom is 0.361 e. The molecule has 0 N–H and O–H groups in total. The standard InChI is InChI=1S/C13H11BrClNO3/c1-3-18-13(17)11-10(14)12(19-16-11)8-5-4-7(2)9(15)6-8/h4-6H,3H2,1-2H3. The highest BCUT2D eigenvalue weighted by atomic mass is 79.9.